The fourth-order valence-corrected chi connectivity index (χ4v) is 4.10. The molecule has 0 bridgehead atoms. The number of nitrogens with one attached hydrogen (secondary N) is 1. The Balaban J connectivity index is 1.80. The van der Waals surface area contributed by atoms with Crippen molar-refractivity contribution in [2.75, 3.05) is 26.2 Å². The number of piperazine rings is 1. The highest BCUT2D eigenvalue weighted by molar-refractivity contribution is 4.98. The Morgan fingerprint density at radius 2 is 1.89 bits per heavy atom. The Labute approximate surface area is 120 Å². The predicted molar refractivity (Wildman–Crippen MR) is 83.6 cm³/mol. The molecule has 0 amide bonds. The van der Waals surface area contributed by atoms with E-state index in [-0.39, 0.29) is 0 Å². The van der Waals surface area contributed by atoms with Crippen LogP contribution in [0.3, 0.4) is 0 Å². The van der Waals surface area contributed by atoms with E-state index in [4.69, 9.17) is 0 Å². The minimum Gasteiger partial charge on any atom is -0.309 e. The maximum absolute atomic E-state index is 3.82. The molecule has 0 aromatic rings. The monoisotopic (exact) mass is 266 g/mol. The first kappa shape index (κ1) is 15.3. The van der Waals surface area contributed by atoms with Gasteiger partial charge >= 0.3 is 0 Å². The Morgan fingerprint density at radius 1 is 1.16 bits per heavy atom. The summed E-state index contributed by atoms with van der Waals surface area (Å²) in [6.07, 6.45) is 11.2. The second-order valence-electron chi connectivity index (χ2n) is 7.75. The van der Waals surface area contributed by atoms with Gasteiger partial charge in [-0.05, 0) is 24.7 Å². The fourth-order valence-electron chi connectivity index (χ4n) is 4.10. The molecule has 1 aliphatic carbocycles. The van der Waals surface area contributed by atoms with Crippen molar-refractivity contribution >= 4 is 0 Å². The van der Waals surface area contributed by atoms with Crippen LogP contribution in [-0.4, -0.2) is 36.6 Å². The molecule has 2 rings (SSSR count). The molecule has 0 radical (unpaired) electrons. The molecule has 1 aliphatic heterocycles. The number of nitrogens with zero attached hydrogens (tertiary/aromatic N) is 1. The second kappa shape index (κ2) is 6.58. The van der Waals surface area contributed by atoms with Crippen molar-refractivity contribution in [3.05, 3.63) is 0 Å². The van der Waals surface area contributed by atoms with Gasteiger partial charge in [0.15, 0.2) is 0 Å². The molecule has 1 heterocycles. The molecule has 1 saturated heterocycles. The standard InChI is InChI=1S/C17H34N2/c1-4-5-6-9-16(2,3)14-19-13-12-18-17(15-19)10-7-8-11-17/h18H,4-15H2,1-3H3. The lowest BCUT2D eigenvalue weighted by Gasteiger charge is -2.44. The molecule has 19 heavy (non-hydrogen) atoms. The number of rotatable bonds is 6. The van der Waals surface area contributed by atoms with Crippen molar-refractivity contribution in [1.29, 1.82) is 0 Å². The van der Waals surface area contributed by atoms with Crippen LogP contribution in [0.5, 0.6) is 0 Å². The van der Waals surface area contributed by atoms with E-state index >= 15 is 0 Å². The molecule has 0 aromatic heterocycles. The molecule has 2 fully saturated rings. The van der Waals surface area contributed by atoms with E-state index in [2.05, 4.69) is 31.0 Å². The van der Waals surface area contributed by atoms with Crippen LogP contribution in [0.1, 0.15) is 72.1 Å². The molecule has 1 saturated carbocycles. The molecular weight excluding hydrogens is 232 g/mol. The zero-order valence-corrected chi connectivity index (χ0v) is 13.4. The third-order valence-corrected chi connectivity index (χ3v) is 5.12. The van der Waals surface area contributed by atoms with E-state index in [0.29, 0.717) is 11.0 Å². The van der Waals surface area contributed by atoms with Gasteiger partial charge in [-0.2, -0.15) is 0 Å². The predicted octanol–water partition coefficient (Wildman–Crippen LogP) is 3.81. The maximum Gasteiger partial charge on any atom is 0.0309 e. The lowest BCUT2D eigenvalue weighted by atomic mass is 9.85. The lowest BCUT2D eigenvalue weighted by molar-refractivity contribution is 0.0905. The van der Waals surface area contributed by atoms with Crippen LogP contribution in [0.2, 0.25) is 0 Å². The smallest absolute Gasteiger partial charge is 0.0309 e. The maximum atomic E-state index is 3.82. The third kappa shape index (κ3) is 4.46. The summed E-state index contributed by atoms with van der Waals surface area (Å²) < 4.78 is 0. The first-order valence-corrected chi connectivity index (χ1v) is 8.53. The average Bonchev–Trinajstić information content (AvgIpc) is 2.77. The topological polar surface area (TPSA) is 15.3 Å². The number of hydrogen-bond donors (Lipinski definition) is 1. The van der Waals surface area contributed by atoms with Crippen molar-refractivity contribution in [2.45, 2.75) is 77.7 Å². The second-order valence-corrected chi connectivity index (χ2v) is 7.75. The van der Waals surface area contributed by atoms with E-state index in [1.807, 2.05) is 0 Å². The van der Waals surface area contributed by atoms with Crippen LogP contribution in [0.4, 0.5) is 0 Å². The zero-order valence-electron chi connectivity index (χ0n) is 13.4. The first-order chi connectivity index (χ1) is 9.05. The van der Waals surface area contributed by atoms with Gasteiger partial charge < -0.3 is 5.32 Å². The highest BCUT2D eigenvalue weighted by atomic mass is 15.2. The highest BCUT2D eigenvalue weighted by Crippen LogP contribution is 2.33. The van der Waals surface area contributed by atoms with E-state index in [1.54, 1.807) is 0 Å². The number of unbranched alkanes of at least 4 members (excludes halogenated alkanes) is 2. The summed E-state index contributed by atoms with van der Waals surface area (Å²) in [5, 5.41) is 3.82. The van der Waals surface area contributed by atoms with Gasteiger partial charge in [-0.25, -0.2) is 0 Å². The van der Waals surface area contributed by atoms with Gasteiger partial charge in [-0.3, -0.25) is 4.90 Å². The van der Waals surface area contributed by atoms with Crippen molar-refractivity contribution < 1.29 is 0 Å². The molecule has 0 aromatic carbocycles. The fraction of sp³-hybridized carbons (Fsp3) is 1.00. The van der Waals surface area contributed by atoms with Crippen molar-refractivity contribution in [1.82, 2.24) is 10.2 Å². The zero-order chi connectivity index (χ0) is 13.8. The summed E-state index contributed by atoms with van der Waals surface area (Å²) in [6, 6.07) is 0. The van der Waals surface area contributed by atoms with Crippen molar-refractivity contribution in [3.63, 3.8) is 0 Å². The molecule has 0 unspecified atom stereocenters. The van der Waals surface area contributed by atoms with Crippen LogP contribution in [0.15, 0.2) is 0 Å². The quantitative estimate of drug-likeness (QED) is 0.735. The average molecular weight is 266 g/mol. The summed E-state index contributed by atoms with van der Waals surface area (Å²) in [6.45, 7) is 12.3. The molecule has 2 aliphatic rings. The van der Waals surface area contributed by atoms with Gasteiger partial charge in [0, 0.05) is 31.7 Å². The van der Waals surface area contributed by atoms with Gasteiger partial charge in [0.05, 0.1) is 0 Å². The van der Waals surface area contributed by atoms with E-state index in [1.165, 1.54) is 77.5 Å². The third-order valence-electron chi connectivity index (χ3n) is 5.12. The van der Waals surface area contributed by atoms with E-state index < -0.39 is 0 Å². The molecule has 1 spiro atoms. The van der Waals surface area contributed by atoms with Crippen molar-refractivity contribution in [3.8, 4) is 0 Å². The Kier molecular flexibility index (Phi) is 5.30. The summed E-state index contributed by atoms with van der Waals surface area (Å²) in [4.78, 5) is 2.74. The SMILES string of the molecule is CCCCCC(C)(C)CN1CCNC2(CCCC2)C1. The van der Waals surface area contributed by atoms with Crippen molar-refractivity contribution in [2.24, 2.45) is 5.41 Å². The van der Waals surface area contributed by atoms with Crippen LogP contribution < -0.4 is 5.32 Å². The molecule has 1 N–H and O–H groups in total. The summed E-state index contributed by atoms with van der Waals surface area (Å²) in [7, 11) is 0. The Morgan fingerprint density at radius 3 is 2.58 bits per heavy atom. The van der Waals surface area contributed by atoms with Crippen LogP contribution in [-0.2, 0) is 0 Å². The van der Waals surface area contributed by atoms with Crippen LogP contribution >= 0.6 is 0 Å². The Hall–Kier alpha value is -0.0800. The molecular formula is C17H34N2. The van der Waals surface area contributed by atoms with Gasteiger partial charge in [0.25, 0.3) is 0 Å². The van der Waals surface area contributed by atoms with Gasteiger partial charge in [-0.15, -0.1) is 0 Å². The van der Waals surface area contributed by atoms with Crippen LogP contribution in [0, 0.1) is 5.41 Å². The first-order valence-electron chi connectivity index (χ1n) is 8.53. The normalized spacial score (nSPS) is 24.2. The van der Waals surface area contributed by atoms with E-state index in [0.717, 1.165) is 0 Å². The van der Waals surface area contributed by atoms with Gasteiger partial charge in [-0.1, -0.05) is 52.9 Å². The Bertz CT molecular complexity index is 266. The van der Waals surface area contributed by atoms with E-state index in [9.17, 15) is 0 Å². The number of hydrogen-bond acceptors (Lipinski definition) is 2. The minimum atomic E-state index is 0.484. The summed E-state index contributed by atoms with van der Waals surface area (Å²) in [5.41, 5.74) is 0.976. The summed E-state index contributed by atoms with van der Waals surface area (Å²) >= 11 is 0. The largest absolute Gasteiger partial charge is 0.309 e. The lowest BCUT2D eigenvalue weighted by Crippen LogP contribution is -2.60. The molecule has 0 atom stereocenters. The molecule has 112 valence electrons. The van der Waals surface area contributed by atoms with Crippen LogP contribution in [0.25, 0.3) is 0 Å². The minimum absolute atomic E-state index is 0.484. The van der Waals surface area contributed by atoms with Gasteiger partial charge in [0.1, 0.15) is 0 Å². The summed E-state index contributed by atoms with van der Waals surface area (Å²) in [5.74, 6) is 0. The molecule has 2 heteroatoms. The molecule has 2 nitrogen and oxygen atoms in total. The van der Waals surface area contributed by atoms with Gasteiger partial charge in [0.2, 0.25) is 0 Å². The highest BCUT2D eigenvalue weighted by Gasteiger charge is 2.38.